The van der Waals surface area contributed by atoms with Crippen LogP contribution in [-0.4, -0.2) is 32.6 Å². The molecule has 0 aliphatic rings. The van der Waals surface area contributed by atoms with Gasteiger partial charge in [-0.25, -0.2) is 26.8 Å². The molecule has 2 aromatic heterocycles. The maximum atomic E-state index is 13.6. The number of hydrogen-bond donors (Lipinski definition) is 0. The van der Waals surface area contributed by atoms with E-state index in [1.54, 1.807) is 72.8 Å². The number of aromatic nitrogens is 2. The quantitative estimate of drug-likeness (QED) is 0.149. The van der Waals surface area contributed by atoms with Crippen molar-refractivity contribution in [2.45, 2.75) is 19.8 Å². The maximum Gasteiger partial charge on any atom is 0.224 e. The molecule has 0 bridgehead atoms. The molecule has 0 unspecified atom stereocenters. The molecule has 228 valence electrons. The summed E-state index contributed by atoms with van der Waals surface area (Å²) in [6.45, 7) is 0. The van der Waals surface area contributed by atoms with Crippen molar-refractivity contribution in [1.29, 1.82) is 0 Å². The predicted octanol–water partition coefficient (Wildman–Crippen LogP) is 8.01. The first-order chi connectivity index (χ1) is 22.1. The number of rotatable bonds is 8. The van der Waals surface area contributed by atoms with E-state index in [4.69, 9.17) is 23.2 Å². The Balaban J connectivity index is 1.33. The van der Waals surface area contributed by atoms with Crippen molar-refractivity contribution in [3.05, 3.63) is 155 Å². The van der Waals surface area contributed by atoms with Crippen LogP contribution in [0, 0.1) is 0 Å². The highest BCUT2D eigenvalue weighted by atomic mass is 35.5. The first-order valence-corrected chi connectivity index (χ1v) is 17.5. The highest BCUT2D eigenvalue weighted by molar-refractivity contribution is 7.91. The molecule has 0 spiro atoms. The van der Waals surface area contributed by atoms with Crippen LogP contribution in [0.5, 0.6) is 0 Å². The van der Waals surface area contributed by atoms with E-state index < -0.39 is 25.5 Å². The van der Waals surface area contributed by atoms with Crippen molar-refractivity contribution in [2.75, 3.05) is 0 Å². The molecule has 0 radical (unpaired) electrons. The third kappa shape index (κ3) is 5.86. The van der Waals surface area contributed by atoms with Crippen LogP contribution in [0.1, 0.15) is 15.9 Å². The second-order valence-electron chi connectivity index (χ2n) is 10.1. The number of carbonyl (C=O) groups excluding carboxylic acids is 1. The van der Waals surface area contributed by atoms with E-state index in [-0.39, 0.29) is 41.0 Å². The van der Waals surface area contributed by atoms with E-state index in [1.165, 1.54) is 60.9 Å². The standard InChI is InChI=1S/C35H22Cl2N2O5S2/c36-31-21-23(27-13-7-19-38-34(27)45(41,42)25-9-3-1-4-10-25)15-17-29(31)33(40)30-18-16-24(22-32(30)37)28-14-8-20-39-35(28)46(43,44)26-11-5-2-6-12-26/h1-22H. The fourth-order valence-electron chi connectivity index (χ4n) is 4.95. The minimum Gasteiger partial charge on any atom is -0.288 e. The summed E-state index contributed by atoms with van der Waals surface area (Å²) < 4.78 is 53.5. The van der Waals surface area contributed by atoms with Gasteiger partial charge in [-0.1, -0.05) is 71.7 Å². The zero-order valence-corrected chi connectivity index (χ0v) is 26.9. The summed E-state index contributed by atoms with van der Waals surface area (Å²) in [4.78, 5) is 22.1. The second kappa shape index (κ2) is 12.6. The van der Waals surface area contributed by atoms with Crippen LogP contribution >= 0.6 is 23.2 Å². The summed E-state index contributed by atoms with van der Waals surface area (Å²) in [5.41, 5.74) is 1.85. The van der Waals surface area contributed by atoms with Gasteiger partial charge < -0.3 is 0 Å². The molecular formula is C35H22Cl2N2O5S2. The summed E-state index contributed by atoms with van der Waals surface area (Å²) in [5, 5.41) is -0.117. The Bertz CT molecular complexity index is 2170. The molecule has 4 aromatic carbocycles. The molecule has 0 aliphatic heterocycles. The molecule has 2 heterocycles. The summed E-state index contributed by atoms with van der Waals surface area (Å²) in [5.74, 6) is -0.472. The van der Waals surface area contributed by atoms with Gasteiger partial charge in [0.2, 0.25) is 19.7 Å². The number of pyridine rings is 2. The molecule has 0 saturated heterocycles. The summed E-state index contributed by atoms with van der Waals surface area (Å²) in [6.07, 6.45) is 2.80. The SMILES string of the molecule is O=C(c1ccc(-c2cccnc2S(=O)(=O)c2ccccc2)cc1Cl)c1ccc(-c2cccnc2S(=O)(=O)c2ccccc2)cc1Cl. The lowest BCUT2D eigenvalue weighted by Gasteiger charge is -2.13. The van der Waals surface area contributed by atoms with Gasteiger partial charge in [0.25, 0.3) is 0 Å². The van der Waals surface area contributed by atoms with Crippen LogP contribution in [0.4, 0.5) is 0 Å². The average molecular weight is 686 g/mol. The first-order valence-electron chi connectivity index (χ1n) is 13.7. The molecule has 0 fully saturated rings. The molecule has 0 amide bonds. The molecular weight excluding hydrogens is 663 g/mol. The fourth-order valence-corrected chi connectivity index (χ4v) is 8.31. The number of halogens is 2. The Morgan fingerprint density at radius 2 is 0.891 bits per heavy atom. The number of hydrogen-bond acceptors (Lipinski definition) is 7. The lowest BCUT2D eigenvalue weighted by molar-refractivity contribution is 0.103. The molecule has 0 N–H and O–H groups in total. The van der Waals surface area contributed by atoms with Crippen LogP contribution in [0.2, 0.25) is 10.0 Å². The smallest absolute Gasteiger partial charge is 0.224 e. The van der Waals surface area contributed by atoms with E-state index >= 15 is 0 Å². The van der Waals surface area contributed by atoms with Crippen LogP contribution in [-0.2, 0) is 19.7 Å². The van der Waals surface area contributed by atoms with Gasteiger partial charge in [0, 0.05) is 34.6 Å². The van der Waals surface area contributed by atoms with Crippen LogP contribution < -0.4 is 0 Å². The van der Waals surface area contributed by atoms with Gasteiger partial charge in [-0.2, -0.15) is 0 Å². The predicted molar refractivity (Wildman–Crippen MR) is 177 cm³/mol. The molecule has 6 rings (SSSR count). The summed E-state index contributed by atoms with van der Waals surface area (Å²) in [6, 6.07) is 31.6. The number of carbonyl (C=O) groups is 1. The largest absolute Gasteiger partial charge is 0.288 e. The maximum absolute atomic E-state index is 13.6. The van der Waals surface area contributed by atoms with E-state index in [9.17, 15) is 21.6 Å². The lowest BCUT2D eigenvalue weighted by Crippen LogP contribution is -2.07. The number of nitrogens with zero attached hydrogens (tertiary/aromatic N) is 2. The van der Waals surface area contributed by atoms with Crippen molar-refractivity contribution >= 4 is 48.7 Å². The van der Waals surface area contributed by atoms with Crippen molar-refractivity contribution in [3.63, 3.8) is 0 Å². The van der Waals surface area contributed by atoms with Crippen LogP contribution in [0.3, 0.4) is 0 Å². The van der Waals surface area contributed by atoms with Crippen LogP contribution in [0.15, 0.2) is 154 Å². The normalized spacial score (nSPS) is 11.7. The fraction of sp³-hybridized carbons (Fsp3) is 0. The monoisotopic (exact) mass is 684 g/mol. The minimum atomic E-state index is -3.94. The molecule has 11 heteroatoms. The van der Waals surface area contributed by atoms with Gasteiger partial charge in [-0.3, -0.25) is 4.79 Å². The first kappa shape index (κ1) is 31.3. The Morgan fingerprint density at radius 1 is 0.500 bits per heavy atom. The van der Waals surface area contributed by atoms with Crippen molar-refractivity contribution < 1.29 is 21.6 Å². The summed E-state index contributed by atoms with van der Waals surface area (Å²) >= 11 is 13.2. The Labute approximate surface area is 276 Å². The van der Waals surface area contributed by atoms with Gasteiger partial charge in [-0.05, 0) is 83.9 Å². The number of sulfone groups is 2. The third-order valence-corrected chi connectivity index (χ3v) is 11.3. The van der Waals surface area contributed by atoms with Gasteiger partial charge in [0.1, 0.15) is 0 Å². The van der Waals surface area contributed by atoms with Crippen LogP contribution in [0.25, 0.3) is 22.3 Å². The van der Waals surface area contributed by atoms with Gasteiger partial charge in [0.15, 0.2) is 15.8 Å². The van der Waals surface area contributed by atoms with E-state index in [2.05, 4.69) is 9.97 Å². The Hall–Kier alpha value is -4.67. The zero-order valence-electron chi connectivity index (χ0n) is 23.7. The minimum absolute atomic E-state index is 0.0815. The molecule has 7 nitrogen and oxygen atoms in total. The topological polar surface area (TPSA) is 111 Å². The third-order valence-electron chi connectivity index (χ3n) is 7.21. The number of benzene rings is 4. The zero-order chi connectivity index (χ0) is 32.5. The number of ketones is 1. The van der Waals surface area contributed by atoms with Crippen molar-refractivity contribution in [2.24, 2.45) is 0 Å². The Morgan fingerprint density at radius 3 is 1.26 bits per heavy atom. The van der Waals surface area contributed by atoms with E-state index in [0.29, 0.717) is 22.3 Å². The molecule has 0 atom stereocenters. The molecule has 0 aliphatic carbocycles. The highest BCUT2D eigenvalue weighted by Crippen LogP contribution is 2.35. The van der Waals surface area contributed by atoms with Crippen molar-refractivity contribution in [3.8, 4) is 22.3 Å². The molecule has 6 aromatic rings. The second-order valence-corrected chi connectivity index (χ2v) is 14.6. The lowest BCUT2D eigenvalue weighted by atomic mass is 9.98. The van der Waals surface area contributed by atoms with E-state index in [1.807, 2.05) is 0 Å². The highest BCUT2D eigenvalue weighted by Gasteiger charge is 2.26. The molecule has 0 saturated carbocycles. The molecule has 46 heavy (non-hydrogen) atoms. The van der Waals surface area contributed by atoms with Gasteiger partial charge >= 0.3 is 0 Å². The average Bonchev–Trinajstić information content (AvgIpc) is 3.08. The Kier molecular flexibility index (Phi) is 8.59. The van der Waals surface area contributed by atoms with Gasteiger partial charge in [-0.15, -0.1) is 0 Å². The van der Waals surface area contributed by atoms with Gasteiger partial charge in [0.05, 0.1) is 19.8 Å². The van der Waals surface area contributed by atoms with E-state index in [0.717, 1.165) is 0 Å². The van der Waals surface area contributed by atoms with Crippen molar-refractivity contribution in [1.82, 2.24) is 9.97 Å². The summed E-state index contributed by atoms with van der Waals surface area (Å²) in [7, 11) is -7.88.